The summed E-state index contributed by atoms with van der Waals surface area (Å²) in [6, 6.07) is 14.5. The molecule has 0 saturated heterocycles. The molecule has 2 aromatic carbocycles. The normalized spacial score (nSPS) is 17.2. The summed E-state index contributed by atoms with van der Waals surface area (Å²) in [5, 5.41) is 3.82. The number of halogens is 1. The van der Waals surface area contributed by atoms with Crippen LogP contribution in [0.4, 0.5) is 5.69 Å². The van der Waals surface area contributed by atoms with Gasteiger partial charge in [-0.2, -0.15) is 0 Å². The molecule has 1 aliphatic rings. The third-order valence-corrected chi connectivity index (χ3v) is 4.67. The van der Waals surface area contributed by atoms with Gasteiger partial charge in [-0.05, 0) is 30.7 Å². The number of fused-ring (bicyclic) bond motifs is 1. The summed E-state index contributed by atoms with van der Waals surface area (Å²) >= 11 is 6.20. The van der Waals surface area contributed by atoms with Gasteiger partial charge in [-0.15, -0.1) is 0 Å². The quantitative estimate of drug-likeness (QED) is 0.842. The molecule has 2 amide bonds. The molecule has 0 aromatic heterocycles. The molecule has 0 spiro atoms. The Kier molecular flexibility index (Phi) is 5.44. The summed E-state index contributed by atoms with van der Waals surface area (Å²) in [7, 11) is 0. The van der Waals surface area contributed by atoms with Gasteiger partial charge in [0, 0.05) is 11.1 Å². The van der Waals surface area contributed by atoms with E-state index in [1.165, 1.54) is 4.90 Å². The highest BCUT2D eigenvalue weighted by atomic mass is 35.5. The smallest absolute Gasteiger partial charge is 0.260 e. The fraction of sp³-hybridized carbons (Fsp3) is 0.263. The molecule has 0 bridgehead atoms. The van der Waals surface area contributed by atoms with E-state index in [9.17, 15) is 9.59 Å². The van der Waals surface area contributed by atoms with Gasteiger partial charge in [0.1, 0.15) is 5.75 Å². The van der Waals surface area contributed by atoms with Gasteiger partial charge in [-0.3, -0.25) is 9.59 Å². The first-order chi connectivity index (χ1) is 12.5. The highest BCUT2D eigenvalue weighted by molar-refractivity contribution is 6.31. The van der Waals surface area contributed by atoms with Crippen LogP contribution in [0.3, 0.4) is 0 Å². The van der Waals surface area contributed by atoms with Crippen molar-refractivity contribution in [2.75, 3.05) is 18.0 Å². The maximum atomic E-state index is 12.8. The fourth-order valence-electron chi connectivity index (χ4n) is 2.89. The van der Waals surface area contributed by atoms with Crippen LogP contribution in [0.15, 0.2) is 48.5 Å². The molecule has 3 rings (SSSR count). The lowest BCUT2D eigenvalue weighted by Crippen LogP contribution is -2.51. The van der Waals surface area contributed by atoms with Gasteiger partial charge in [-0.1, -0.05) is 41.9 Å². The van der Waals surface area contributed by atoms with Crippen molar-refractivity contribution in [2.45, 2.75) is 19.1 Å². The first-order valence-corrected chi connectivity index (χ1v) is 8.68. The highest BCUT2D eigenvalue weighted by Crippen LogP contribution is 2.33. The molecule has 7 heteroatoms. The molecule has 0 aliphatic carbocycles. The monoisotopic (exact) mass is 373 g/mol. The Balaban J connectivity index is 1.73. The molecule has 1 heterocycles. The van der Waals surface area contributed by atoms with Crippen LogP contribution >= 0.6 is 11.6 Å². The van der Waals surface area contributed by atoms with Crippen molar-refractivity contribution in [1.29, 1.82) is 0 Å². The summed E-state index contributed by atoms with van der Waals surface area (Å²) in [6.45, 7) is 2.12. The number of benzene rings is 2. The number of carbonyl (C=O) groups is 2. The Morgan fingerprint density at radius 3 is 2.69 bits per heavy atom. The van der Waals surface area contributed by atoms with Gasteiger partial charge >= 0.3 is 0 Å². The van der Waals surface area contributed by atoms with Crippen LogP contribution in [0, 0.1) is 0 Å². The number of hydrogen-bond donors (Lipinski definition) is 2. The molecule has 6 nitrogen and oxygen atoms in total. The van der Waals surface area contributed by atoms with Gasteiger partial charge in [0.2, 0.25) is 5.91 Å². The van der Waals surface area contributed by atoms with E-state index in [0.717, 1.165) is 5.56 Å². The maximum Gasteiger partial charge on any atom is 0.260 e. The van der Waals surface area contributed by atoms with Gasteiger partial charge in [0.15, 0.2) is 6.10 Å². The Labute approximate surface area is 156 Å². The van der Waals surface area contributed by atoms with E-state index in [2.05, 4.69) is 5.32 Å². The molecule has 0 saturated carbocycles. The molecule has 0 unspecified atom stereocenters. The molecule has 0 fully saturated rings. The van der Waals surface area contributed by atoms with Crippen LogP contribution in [0.25, 0.3) is 0 Å². The molecule has 136 valence electrons. The lowest BCUT2D eigenvalue weighted by Gasteiger charge is -2.33. The number of nitrogens with one attached hydrogen (secondary N) is 1. The predicted molar refractivity (Wildman–Crippen MR) is 100 cm³/mol. The van der Waals surface area contributed by atoms with Crippen molar-refractivity contribution in [3.05, 3.63) is 59.1 Å². The number of ether oxygens (including phenoxy) is 1. The van der Waals surface area contributed by atoms with Gasteiger partial charge in [-0.25, -0.2) is 0 Å². The van der Waals surface area contributed by atoms with Crippen LogP contribution in [-0.4, -0.2) is 31.0 Å². The van der Waals surface area contributed by atoms with Crippen molar-refractivity contribution in [3.63, 3.8) is 0 Å². The van der Waals surface area contributed by atoms with Crippen LogP contribution < -0.4 is 20.7 Å². The van der Waals surface area contributed by atoms with Gasteiger partial charge < -0.3 is 20.7 Å². The largest absolute Gasteiger partial charge is 0.477 e. The molecule has 3 N–H and O–H groups in total. The molecular weight excluding hydrogens is 354 g/mol. The van der Waals surface area contributed by atoms with E-state index >= 15 is 0 Å². The number of hydrogen-bond acceptors (Lipinski definition) is 4. The van der Waals surface area contributed by atoms with E-state index < -0.39 is 12.0 Å². The lowest BCUT2D eigenvalue weighted by molar-refractivity contribution is -0.125. The predicted octanol–water partition coefficient (Wildman–Crippen LogP) is 2.27. The van der Waals surface area contributed by atoms with Gasteiger partial charge in [0.05, 0.1) is 18.8 Å². The van der Waals surface area contributed by atoms with E-state index in [0.29, 0.717) is 16.5 Å². The number of nitrogens with two attached hydrogens (primary N) is 1. The Morgan fingerprint density at radius 1 is 1.27 bits per heavy atom. The number of rotatable bonds is 5. The zero-order valence-corrected chi connectivity index (χ0v) is 15.1. The van der Waals surface area contributed by atoms with Crippen molar-refractivity contribution >= 4 is 29.1 Å². The molecular formula is C19H20ClN3O3. The third kappa shape index (κ3) is 3.81. The topological polar surface area (TPSA) is 84.7 Å². The van der Waals surface area contributed by atoms with Crippen molar-refractivity contribution in [1.82, 2.24) is 5.32 Å². The minimum absolute atomic E-state index is 0.0895. The van der Waals surface area contributed by atoms with Gasteiger partial charge in [0.25, 0.3) is 5.91 Å². The Morgan fingerprint density at radius 2 is 1.96 bits per heavy atom. The summed E-state index contributed by atoms with van der Waals surface area (Å²) in [5.74, 6) is -0.310. The maximum absolute atomic E-state index is 12.8. The summed E-state index contributed by atoms with van der Waals surface area (Å²) in [5.41, 5.74) is 6.91. The average Bonchev–Trinajstić information content (AvgIpc) is 2.65. The summed E-state index contributed by atoms with van der Waals surface area (Å²) in [6.07, 6.45) is -0.866. The van der Waals surface area contributed by atoms with Crippen molar-refractivity contribution < 1.29 is 14.3 Å². The first kappa shape index (κ1) is 18.2. The van der Waals surface area contributed by atoms with Crippen LogP contribution in [0.5, 0.6) is 5.75 Å². The zero-order valence-electron chi connectivity index (χ0n) is 14.3. The summed E-state index contributed by atoms with van der Waals surface area (Å²) < 4.78 is 5.58. The lowest BCUT2D eigenvalue weighted by atomic mass is 10.1. The van der Waals surface area contributed by atoms with Crippen LogP contribution in [0.2, 0.25) is 5.02 Å². The third-order valence-electron chi connectivity index (χ3n) is 4.32. The van der Waals surface area contributed by atoms with E-state index in [1.54, 1.807) is 18.2 Å². The molecule has 2 aromatic rings. The highest BCUT2D eigenvalue weighted by Gasteiger charge is 2.32. The molecule has 1 aliphatic heterocycles. The Hall–Kier alpha value is -2.57. The second kappa shape index (κ2) is 7.76. The first-order valence-electron chi connectivity index (χ1n) is 8.30. The second-order valence-corrected chi connectivity index (χ2v) is 6.51. The number of nitrogens with zero attached hydrogens (tertiary/aromatic N) is 1. The summed E-state index contributed by atoms with van der Waals surface area (Å²) in [4.78, 5) is 25.9. The standard InChI is InChI=1S/C19H20ClN3O3/c1-12(13-6-2-3-7-14(13)20)22-10-18(24)23-11-17(19(21)25)26-16-9-5-4-8-15(16)23/h2-9,12,17,22H,10-11H2,1H3,(H2,21,25)/t12-,17-/m0/s1. The number of amides is 2. The van der Waals surface area contributed by atoms with Crippen molar-refractivity contribution in [3.8, 4) is 5.75 Å². The van der Waals surface area contributed by atoms with Crippen LogP contribution in [-0.2, 0) is 9.59 Å². The minimum atomic E-state index is -0.866. The van der Waals surface area contributed by atoms with E-state index in [1.807, 2.05) is 37.3 Å². The van der Waals surface area contributed by atoms with Crippen LogP contribution in [0.1, 0.15) is 18.5 Å². The number of carbonyl (C=O) groups excluding carboxylic acids is 2. The SMILES string of the molecule is C[C@H](NCC(=O)N1C[C@@H](C(N)=O)Oc2ccccc21)c1ccccc1Cl. The average molecular weight is 374 g/mol. The fourth-order valence-corrected chi connectivity index (χ4v) is 3.19. The molecule has 2 atom stereocenters. The second-order valence-electron chi connectivity index (χ2n) is 6.11. The minimum Gasteiger partial charge on any atom is -0.477 e. The zero-order chi connectivity index (χ0) is 18.7. The molecule has 0 radical (unpaired) electrons. The van der Waals surface area contributed by atoms with E-state index in [-0.39, 0.29) is 25.0 Å². The number of primary amides is 1. The number of anilines is 1. The van der Waals surface area contributed by atoms with Crippen molar-refractivity contribution in [2.24, 2.45) is 5.73 Å². The number of para-hydroxylation sites is 2. The molecule has 26 heavy (non-hydrogen) atoms. The van der Waals surface area contributed by atoms with E-state index in [4.69, 9.17) is 22.1 Å². The Bertz CT molecular complexity index is 827.